The molecule has 0 radical (unpaired) electrons. The third-order valence-electron chi connectivity index (χ3n) is 5.94. The van der Waals surface area contributed by atoms with Gasteiger partial charge in [0, 0.05) is 12.5 Å². The molecule has 0 amide bonds. The second-order valence-electron chi connectivity index (χ2n) is 7.67. The Morgan fingerprint density at radius 2 is 1.90 bits per heavy atom. The Bertz CT molecular complexity index is 900. The summed E-state index contributed by atoms with van der Waals surface area (Å²) >= 11 is 0. The summed E-state index contributed by atoms with van der Waals surface area (Å²) < 4.78 is 22.4. The molecule has 156 valence electrons. The molecule has 4 nitrogen and oxygen atoms in total. The summed E-state index contributed by atoms with van der Waals surface area (Å²) in [4.78, 5) is 1.95. The fourth-order valence-electron chi connectivity index (χ4n) is 4.42. The van der Waals surface area contributed by atoms with Crippen molar-refractivity contribution in [2.24, 2.45) is 0 Å². The molecule has 0 spiro atoms. The number of rotatable bonds is 4. The number of methoxy groups -OCH3 is 1. The smallest absolute Gasteiger partial charge is 0.278 e. The van der Waals surface area contributed by atoms with Crippen molar-refractivity contribution in [2.45, 2.75) is 44.8 Å². The van der Waals surface area contributed by atoms with E-state index in [1.54, 1.807) is 12.1 Å². The lowest BCUT2D eigenvalue weighted by atomic mass is 9.98. The maximum absolute atomic E-state index is 15.0. The summed E-state index contributed by atoms with van der Waals surface area (Å²) in [5.74, 6) is 1.08. The molecule has 1 N–H and O–H groups in total. The highest BCUT2D eigenvalue weighted by atomic mass is 79.9. The number of ether oxygens (including phenoxy) is 1. The predicted molar refractivity (Wildman–Crippen MR) is 109 cm³/mol. The van der Waals surface area contributed by atoms with Crippen LogP contribution in [-0.4, -0.2) is 35.7 Å². The van der Waals surface area contributed by atoms with Gasteiger partial charge in [0.05, 0.1) is 19.2 Å². The van der Waals surface area contributed by atoms with Crippen LogP contribution in [0.4, 0.5) is 10.1 Å². The van der Waals surface area contributed by atoms with E-state index in [0.29, 0.717) is 12.3 Å². The van der Waals surface area contributed by atoms with Gasteiger partial charge in [-0.2, -0.15) is 4.90 Å². The maximum atomic E-state index is 15.0. The average Bonchev–Trinajstić information content (AvgIpc) is 2.84. The Balaban J connectivity index is 0.00000240. The number of nitrogens with zero attached hydrogens (tertiary/aromatic N) is 2. The molecule has 0 aliphatic carbocycles. The van der Waals surface area contributed by atoms with E-state index in [1.165, 1.54) is 25.2 Å². The molecule has 2 aliphatic heterocycles. The van der Waals surface area contributed by atoms with E-state index in [1.807, 2.05) is 17.0 Å². The van der Waals surface area contributed by atoms with E-state index in [-0.39, 0.29) is 22.5 Å². The Morgan fingerprint density at radius 3 is 2.55 bits per heavy atom. The quantitative estimate of drug-likeness (QED) is 0.689. The molecule has 2 aliphatic rings. The number of amidine groups is 1. The fourth-order valence-corrected chi connectivity index (χ4v) is 4.42. The summed E-state index contributed by atoms with van der Waals surface area (Å²) in [7, 11) is 1.51. The number of aliphatic hydroxyl groups is 1. The van der Waals surface area contributed by atoms with Gasteiger partial charge in [0.1, 0.15) is 17.3 Å². The molecule has 6 heteroatoms. The molecule has 29 heavy (non-hydrogen) atoms. The second-order valence-corrected chi connectivity index (χ2v) is 7.67. The first kappa shape index (κ1) is 21.8. The molecule has 2 aromatic rings. The number of halogens is 2. The van der Waals surface area contributed by atoms with Crippen LogP contribution in [0.1, 0.15) is 43.7 Å². The molecule has 4 rings (SSSR count). The van der Waals surface area contributed by atoms with Crippen LogP contribution in [0, 0.1) is 5.82 Å². The molecule has 1 unspecified atom stereocenters. The zero-order valence-corrected chi connectivity index (χ0v) is 18.6. The fraction of sp³-hybridized carbons (Fsp3) is 0.435. The summed E-state index contributed by atoms with van der Waals surface area (Å²) in [5, 5.41) is 11.9. The van der Waals surface area contributed by atoms with Crippen molar-refractivity contribution < 1.29 is 35.8 Å². The standard InChI is InChI=1S/C23H28FN2O2.BrH/c1-3-17-8-10-18(11-9-17)26-22-7-5-4-6-14-25(22)16-23(26,27)20-13-12-19(28-2)15-21(20)24;/h8-13,15,27H,3-7,14,16H2,1-2H3;1H/q+1;/p-1. The van der Waals surface area contributed by atoms with Crippen molar-refractivity contribution in [3.63, 3.8) is 0 Å². The van der Waals surface area contributed by atoms with Gasteiger partial charge in [-0.05, 0) is 55.5 Å². The van der Waals surface area contributed by atoms with Crippen LogP contribution < -0.4 is 26.6 Å². The first-order valence-corrected chi connectivity index (χ1v) is 10.1. The number of anilines is 1. The van der Waals surface area contributed by atoms with E-state index in [4.69, 9.17) is 4.74 Å². The van der Waals surface area contributed by atoms with Gasteiger partial charge in [0.25, 0.3) is 11.6 Å². The first-order chi connectivity index (χ1) is 13.6. The minimum atomic E-state index is -1.45. The van der Waals surface area contributed by atoms with E-state index >= 15 is 4.39 Å². The van der Waals surface area contributed by atoms with Gasteiger partial charge in [-0.15, -0.1) is 0 Å². The van der Waals surface area contributed by atoms with Gasteiger partial charge in [-0.1, -0.05) is 19.1 Å². The normalized spacial score (nSPS) is 21.4. The van der Waals surface area contributed by atoms with Crippen molar-refractivity contribution in [1.29, 1.82) is 0 Å². The molecule has 0 saturated heterocycles. The van der Waals surface area contributed by atoms with Gasteiger partial charge in [0.2, 0.25) is 0 Å². The van der Waals surface area contributed by atoms with Crippen LogP contribution in [0.25, 0.3) is 0 Å². The van der Waals surface area contributed by atoms with Gasteiger partial charge in [-0.3, -0.25) is 4.58 Å². The molecule has 1 atom stereocenters. The van der Waals surface area contributed by atoms with Crippen LogP contribution in [0.15, 0.2) is 42.5 Å². The number of hydrogen-bond donors (Lipinski definition) is 1. The topological polar surface area (TPSA) is 35.7 Å². The minimum absolute atomic E-state index is 0. The Kier molecular flexibility index (Phi) is 6.64. The zero-order valence-electron chi connectivity index (χ0n) is 17.0. The lowest BCUT2D eigenvalue weighted by Crippen LogP contribution is -3.00. The summed E-state index contributed by atoms with van der Waals surface area (Å²) in [6, 6.07) is 12.9. The highest BCUT2D eigenvalue weighted by Gasteiger charge is 2.55. The van der Waals surface area contributed by atoms with E-state index in [0.717, 1.165) is 43.8 Å². The highest BCUT2D eigenvalue weighted by molar-refractivity contribution is 5.97. The number of aryl methyl sites for hydroxylation is 1. The van der Waals surface area contributed by atoms with Gasteiger partial charge >= 0.3 is 0 Å². The molecule has 0 saturated carbocycles. The highest BCUT2D eigenvalue weighted by Crippen LogP contribution is 2.39. The van der Waals surface area contributed by atoms with Crippen LogP contribution in [0.5, 0.6) is 5.75 Å². The van der Waals surface area contributed by atoms with Gasteiger partial charge in [0.15, 0.2) is 6.54 Å². The maximum Gasteiger partial charge on any atom is 0.278 e. The largest absolute Gasteiger partial charge is 1.00 e. The third-order valence-corrected chi connectivity index (χ3v) is 5.94. The van der Waals surface area contributed by atoms with Crippen molar-refractivity contribution in [2.75, 3.05) is 25.1 Å². The molecule has 2 aromatic carbocycles. The molecule has 0 bridgehead atoms. The Morgan fingerprint density at radius 1 is 1.14 bits per heavy atom. The summed E-state index contributed by atoms with van der Waals surface area (Å²) in [6.45, 7) is 3.37. The monoisotopic (exact) mass is 462 g/mol. The lowest BCUT2D eigenvalue weighted by molar-refractivity contribution is -0.534. The molecule has 2 heterocycles. The van der Waals surface area contributed by atoms with Crippen molar-refractivity contribution in [3.05, 3.63) is 59.4 Å². The van der Waals surface area contributed by atoms with Crippen LogP contribution in [-0.2, 0) is 12.1 Å². The van der Waals surface area contributed by atoms with Crippen molar-refractivity contribution >= 4 is 11.5 Å². The number of benzene rings is 2. The summed E-state index contributed by atoms with van der Waals surface area (Å²) in [6.07, 6.45) is 5.19. The lowest BCUT2D eigenvalue weighted by Gasteiger charge is -2.29. The SMILES string of the molecule is CCc1ccc(N2C3=[N+](CCCCC3)CC2(O)c2ccc(OC)cc2F)cc1.[Br-]. The summed E-state index contributed by atoms with van der Waals surface area (Å²) in [5.41, 5.74) is 0.976. The van der Waals surface area contributed by atoms with Crippen molar-refractivity contribution in [1.82, 2.24) is 0 Å². The zero-order chi connectivity index (χ0) is 19.7. The average molecular weight is 463 g/mol. The van der Waals surface area contributed by atoms with Crippen molar-refractivity contribution in [3.8, 4) is 5.75 Å². The Labute approximate surface area is 182 Å². The van der Waals surface area contributed by atoms with Crippen LogP contribution in [0.2, 0.25) is 0 Å². The minimum Gasteiger partial charge on any atom is -1.00 e. The van der Waals surface area contributed by atoms with Gasteiger partial charge < -0.3 is 26.8 Å². The Hall–Kier alpha value is -1.92. The molecular formula is C23H28BrFN2O2. The van der Waals surface area contributed by atoms with Crippen LogP contribution >= 0.6 is 0 Å². The first-order valence-electron chi connectivity index (χ1n) is 10.1. The van der Waals surface area contributed by atoms with E-state index in [2.05, 4.69) is 23.6 Å². The molecule has 0 aromatic heterocycles. The van der Waals surface area contributed by atoms with E-state index in [9.17, 15) is 5.11 Å². The van der Waals surface area contributed by atoms with Crippen LogP contribution in [0.3, 0.4) is 0 Å². The second kappa shape index (κ2) is 8.84. The van der Waals surface area contributed by atoms with E-state index < -0.39 is 11.5 Å². The predicted octanol–water partition coefficient (Wildman–Crippen LogP) is 1.05. The third kappa shape index (κ3) is 3.92. The molecule has 0 fully saturated rings. The van der Waals surface area contributed by atoms with Gasteiger partial charge in [-0.25, -0.2) is 4.39 Å². The number of hydrogen-bond acceptors (Lipinski definition) is 3. The molecular weight excluding hydrogens is 435 g/mol.